The first kappa shape index (κ1) is 17.6. The van der Waals surface area contributed by atoms with E-state index in [1.54, 1.807) is 25.1 Å². The van der Waals surface area contributed by atoms with Crippen molar-refractivity contribution < 1.29 is 18.0 Å². The van der Waals surface area contributed by atoms with Crippen molar-refractivity contribution in [1.29, 1.82) is 0 Å². The van der Waals surface area contributed by atoms with Crippen LogP contribution < -0.4 is 4.84 Å². The molecule has 0 N–H and O–H groups in total. The second-order valence-corrected chi connectivity index (χ2v) is 5.50. The maximum absolute atomic E-state index is 13.1. The van der Waals surface area contributed by atoms with Gasteiger partial charge in [0.05, 0.1) is 11.3 Å². The Hall–Kier alpha value is -1.72. The Kier molecular flexibility index (Phi) is 5.55. The molecule has 0 saturated carbocycles. The molecule has 2 aromatic carbocycles. The van der Waals surface area contributed by atoms with Crippen molar-refractivity contribution >= 4 is 28.9 Å². The van der Waals surface area contributed by atoms with Crippen molar-refractivity contribution in [3.05, 3.63) is 63.6 Å². The van der Waals surface area contributed by atoms with Crippen LogP contribution >= 0.6 is 23.2 Å². The standard InChI is InChI=1S/C16H12Cl2F3NO/c1-2-15(22-23-12-5-3-4-10(17)8-12)13-9-11(18)6-7-14(13)16(19,20)21/h3-9H,2H2,1H3/b22-15+. The molecule has 0 aliphatic heterocycles. The minimum atomic E-state index is -4.51. The molecule has 2 aromatic rings. The fraction of sp³-hybridized carbons (Fsp3) is 0.188. The Morgan fingerprint density at radius 2 is 1.78 bits per heavy atom. The molecular weight excluding hydrogens is 350 g/mol. The summed E-state index contributed by atoms with van der Waals surface area (Å²) in [6.07, 6.45) is -4.27. The molecular formula is C16H12Cl2F3NO. The molecule has 0 bridgehead atoms. The molecule has 23 heavy (non-hydrogen) atoms. The third-order valence-electron chi connectivity index (χ3n) is 2.99. The lowest BCUT2D eigenvalue weighted by Gasteiger charge is -2.14. The van der Waals surface area contributed by atoms with Gasteiger partial charge < -0.3 is 4.84 Å². The van der Waals surface area contributed by atoms with Crippen molar-refractivity contribution in [2.24, 2.45) is 5.16 Å². The molecule has 7 heteroatoms. The zero-order chi connectivity index (χ0) is 17.0. The van der Waals surface area contributed by atoms with Gasteiger partial charge in [-0.3, -0.25) is 0 Å². The Labute approximate surface area is 141 Å². The van der Waals surface area contributed by atoms with Crippen LogP contribution in [0, 0.1) is 0 Å². The minimum Gasteiger partial charge on any atom is -0.357 e. The lowest BCUT2D eigenvalue weighted by molar-refractivity contribution is -0.137. The van der Waals surface area contributed by atoms with Crippen LogP contribution in [-0.2, 0) is 6.18 Å². The maximum atomic E-state index is 13.1. The van der Waals surface area contributed by atoms with Gasteiger partial charge in [-0.25, -0.2) is 0 Å². The van der Waals surface area contributed by atoms with Crippen LogP contribution in [0.15, 0.2) is 47.6 Å². The molecule has 0 radical (unpaired) electrons. The molecule has 0 unspecified atom stereocenters. The van der Waals surface area contributed by atoms with Gasteiger partial charge in [-0.2, -0.15) is 13.2 Å². The quantitative estimate of drug-likeness (QED) is 0.468. The SMILES string of the molecule is CC/C(=N\Oc1cccc(Cl)c1)c1cc(Cl)ccc1C(F)(F)F. The Bertz CT molecular complexity index is 730. The monoisotopic (exact) mass is 361 g/mol. The van der Waals surface area contributed by atoms with Gasteiger partial charge in [0, 0.05) is 21.7 Å². The lowest BCUT2D eigenvalue weighted by Crippen LogP contribution is -2.14. The van der Waals surface area contributed by atoms with E-state index in [4.69, 9.17) is 28.0 Å². The van der Waals surface area contributed by atoms with E-state index in [9.17, 15) is 13.2 Å². The fourth-order valence-corrected chi connectivity index (χ4v) is 2.29. The summed E-state index contributed by atoms with van der Waals surface area (Å²) in [5.74, 6) is 0.332. The van der Waals surface area contributed by atoms with Gasteiger partial charge in [0.1, 0.15) is 0 Å². The third-order valence-corrected chi connectivity index (χ3v) is 3.46. The maximum Gasteiger partial charge on any atom is 0.417 e. The van der Waals surface area contributed by atoms with E-state index in [1.807, 2.05) is 0 Å². The van der Waals surface area contributed by atoms with E-state index in [0.29, 0.717) is 10.8 Å². The van der Waals surface area contributed by atoms with Crippen LogP contribution in [0.1, 0.15) is 24.5 Å². The molecule has 0 heterocycles. The van der Waals surface area contributed by atoms with Crippen molar-refractivity contribution in [1.82, 2.24) is 0 Å². The zero-order valence-corrected chi connectivity index (χ0v) is 13.5. The molecule has 0 aliphatic rings. The number of halogens is 5. The predicted octanol–water partition coefficient (Wildman–Crippen LogP) is 6.21. The molecule has 0 fully saturated rings. The summed E-state index contributed by atoms with van der Waals surface area (Å²) in [4.78, 5) is 5.19. The van der Waals surface area contributed by atoms with E-state index in [0.717, 1.165) is 6.07 Å². The van der Waals surface area contributed by atoms with Crippen LogP contribution in [0.2, 0.25) is 10.0 Å². The number of alkyl halides is 3. The summed E-state index contributed by atoms with van der Waals surface area (Å²) in [6, 6.07) is 9.78. The molecule has 0 aromatic heterocycles. The van der Waals surface area contributed by atoms with Crippen LogP contribution in [0.5, 0.6) is 5.75 Å². The van der Waals surface area contributed by atoms with Crippen molar-refractivity contribution in [2.75, 3.05) is 0 Å². The number of rotatable bonds is 4. The number of benzene rings is 2. The van der Waals surface area contributed by atoms with E-state index < -0.39 is 11.7 Å². The molecule has 0 atom stereocenters. The highest BCUT2D eigenvalue weighted by atomic mass is 35.5. The van der Waals surface area contributed by atoms with Crippen LogP contribution in [-0.4, -0.2) is 5.71 Å². The molecule has 2 rings (SSSR count). The van der Waals surface area contributed by atoms with E-state index in [-0.39, 0.29) is 22.7 Å². The van der Waals surface area contributed by atoms with E-state index in [2.05, 4.69) is 5.16 Å². The van der Waals surface area contributed by atoms with E-state index in [1.165, 1.54) is 18.2 Å². The average molecular weight is 362 g/mol. The highest BCUT2D eigenvalue weighted by Gasteiger charge is 2.34. The average Bonchev–Trinajstić information content (AvgIpc) is 2.47. The third kappa shape index (κ3) is 4.62. The number of hydrogen-bond donors (Lipinski definition) is 0. The van der Waals surface area contributed by atoms with Gasteiger partial charge in [0.15, 0.2) is 5.75 Å². The summed E-state index contributed by atoms with van der Waals surface area (Å²) in [5, 5.41) is 4.47. The van der Waals surface area contributed by atoms with Crippen LogP contribution in [0.25, 0.3) is 0 Å². The van der Waals surface area contributed by atoms with Gasteiger partial charge in [-0.1, -0.05) is 41.3 Å². The van der Waals surface area contributed by atoms with Gasteiger partial charge in [0.2, 0.25) is 0 Å². The molecule has 122 valence electrons. The van der Waals surface area contributed by atoms with Crippen LogP contribution in [0.4, 0.5) is 13.2 Å². The topological polar surface area (TPSA) is 21.6 Å². The number of hydrogen-bond acceptors (Lipinski definition) is 2. The van der Waals surface area contributed by atoms with Crippen molar-refractivity contribution in [3.8, 4) is 5.75 Å². The first-order valence-electron chi connectivity index (χ1n) is 6.68. The smallest absolute Gasteiger partial charge is 0.357 e. The second kappa shape index (κ2) is 7.23. The Balaban J connectivity index is 2.41. The molecule has 0 aliphatic carbocycles. The van der Waals surface area contributed by atoms with Gasteiger partial charge >= 0.3 is 6.18 Å². The highest BCUT2D eigenvalue weighted by molar-refractivity contribution is 6.31. The summed E-state index contributed by atoms with van der Waals surface area (Å²) in [5.41, 5.74) is -0.772. The summed E-state index contributed by atoms with van der Waals surface area (Å²) < 4.78 is 39.4. The summed E-state index contributed by atoms with van der Waals surface area (Å²) >= 11 is 11.6. The molecule has 0 saturated heterocycles. The first-order chi connectivity index (χ1) is 10.8. The Morgan fingerprint density at radius 1 is 1.09 bits per heavy atom. The number of nitrogens with zero attached hydrogens (tertiary/aromatic N) is 1. The zero-order valence-electron chi connectivity index (χ0n) is 12.0. The fourth-order valence-electron chi connectivity index (χ4n) is 1.94. The summed E-state index contributed by atoms with van der Waals surface area (Å²) in [6.45, 7) is 1.68. The van der Waals surface area contributed by atoms with Gasteiger partial charge in [0.25, 0.3) is 0 Å². The normalized spacial score (nSPS) is 12.3. The second-order valence-electron chi connectivity index (χ2n) is 4.63. The highest BCUT2D eigenvalue weighted by Crippen LogP contribution is 2.34. The lowest BCUT2D eigenvalue weighted by atomic mass is 10.0. The Morgan fingerprint density at radius 3 is 2.39 bits per heavy atom. The molecule has 0 spiro atoms. The molecule has 0 amide bonds. The van der Waals surface area contributed by atoms with Crippen LogP contribution in [0.3, 0.4) is 0 Å². The largest absolute Gasteiger partial charge is 0.417 e. The van der Waals surface area contributed by atoms with Crippen molar-refractivity contribution in [2.45, 2.75) is 19.5 Å². The van der Waals surface area contributed by atoms with Gasteiger partial charge in [-0.05, 0) is 36.8 Å². The predicted molar refractivity (Wildman–Crippen MR) is 85.4 cm³/mol. The first-order valence-corrected chi connectivity index (χ1v) is 7.43. The number of oxime groups is 1. The molecule has 2 nitrogen and oxygen atoms in total. The van der Waals surface area contributed by atoms with Crippen molar-refractivity contribution in [3.63, 3.8) is 0 Å². The summed E-state index contributed by atoms with van der Waals surface area (Å²) in [7, 11) is 0. The van der Waals surface area contributed by atoms with Gasteiger partial charge in [-0.15, -0.1) is 0 Å². The minimum absolute atomic E-state index is 0.102. The van der Waals surface area contributed by atoms with E-state index >= 15 is 0 Å².